The van der Waals surface area contributed by atoms with E-state index in [0.717, 1.165) is 5.57 Å². The minimum atomic E-state index is 0.619. The first kappa shape index (κ1) is 8.02. The molecule has 0 spiro atoms. The van der Waals surface area contributed by atoms with Gasteiger partial charge >= 0.3 is 0 Å². The van der Waals surface area contributed by atoms with Crippen molar-refractivity contribution in [3.05, 3.63) is 36.6 Å². The predicted octanol–water partition coefficient (Wildman–Crippen LogP) is 2.28. The summed E-state index contributed by atoms with van der Waals surface area (Å²) in [5.74, 6) is 0.619. The fraction of sp³-hybridized carbons (Fsp3) is 0.250. The molecule has 50 valence electrons. The van der Waals surface area contributed by atoms with Crippen molar-refractivity contribution in [3.63, 3.8) is 0 Å². The second kappa shape index (κ2) is 3.96. The van der Waals surface area contributed by atoms with Gasteiger partial charge in [0.15, 0.2) is 0 Å². The maximum absolute atomic E-state index is 4.82. The van der Waals surface area contributed by atoms with Crippen molar-refractivity contribution in [1.29, 1.82) is 0 Å². The van der Waals surface area contributed by atoms with E-state index < -0.39 is 0 Å². The highest BCUT2D eigenvalue weighted by Crippen LogP contribution is 2.05. The van der Waals surface area contributed by atoms with Crippen LogP contribution in [0.1, 0.15) is 6.92 Å². The van der Waals surface area contributed by atoms with Crippen molar-refractivity contribution >= 4 is 0 Å². The van der Waals surface area contributed by atoms with Crippen LogP contribution in [0.3, 0.4) is 0 Å². The van der Waals surface area contributed by atoms with E-state index in [-0.39, 0.29) is 0 Å². The van der Waals surface area contributed by atoms with Gasteiger partial charge in [-0.2, -0.15) is 0 Å². The minimum Gasteiger partial charge on any atom is -0.497 e. The summed E-state index contributed by atoms with van der Waals surface area (Å²) < 4.78 is 4.82. The molecule has 0 amide bonds. The van der Waals surface area contributed by atoms with Crippen molar-refractivity contribution < 1.29 is 4.74 Å². The molecular weight excluding hydrogens is 112 g/mol. The Balaban J connectivity index is 3.89. The number of methoxy groups -OCH3 is 1. The van der Waals surface area contributed by atoms with E-state index in [1.165, 1.54) is 0 Å². The minimum absolute atomic E-state index is 0.619. The molecule has 0 N–H and O–H groups in total. The van der Waals surface area contributed by atoms with Crippen LogP contribution in [-0.2, 0) is 4.74 Å². The van der Waals surface area contributed by atoms with Crippen LogP contribution < -0.4 is 0 Å². The van der Waals surface area contributed by atoms with Crippen LogP contribution in [0, 0.1) is 0 Å². The maximum atomic E-state index is 4.82. The third-order valence-electron chi connectivity index (χ3n) is 0.972. The van der Waals surface area contributed by atoms with Crippen molar-refractivity contribution in [2.75, 3.05) is 7.11 Å². The fourth-order valence-electron chi connectivity index (χ4n) is 0.425. The maximum Gasteiger partial charge on any atom is 0.118 e. The van der Waals surface area contributed by atoms with E-state index in [9.17, 15) is 0 Å². The molecular formula is C8H12O. The zero-order valence-corrected chi connectivity index (χ0v) is 5.98. The fourth-order valence-corrected chi connectivity index (χ4v) is 0.425. The first-order valence-electron chi connectivity index (χ1n) is 2.77. The topological polar surface area (TPSA) is 9.23 Å². The highest BCUT2D eigenvalue weighted by atomic mass is 16.5. The van der Waals surface area contributed by atoms with E-state index in [1.54, 1.807) is 7.11 Å². The molecule has 0 aliphatic rings. The van der Waals surface area contributed by atoms with E-state index >= 15 is 0 Å². The van der Waals surface area contributed by atoms with Gasteiger partial charge in [-0.15, -0.1) is 0 Å². The molecule has 0 radical (unpaired) electrons. The highest BCUT2D eigenvalue weighted by Gasteiger charge is 1.90. The van der Waals surface area contributed by atoms with Gasteiger partial charge in [0.25, 0.3) is 0 Å². The van der Waals surface area contributed by atoms with Gasteiger partial charge in [0.1, 0.15) is 5.76 Å². The molecule has 0 rings (SSSR count). The number of allylic oxidation sites excluding steroid dienone is 2. The summed E-state index contributed by atoms with van der Waals surface area (Å²) in [5, 5.41) is 0. The molecule has 0 unspecified atom stereocenters. The first-order valence-corrected chi connectivity index (χ1v) is 2.77. The Kier molecular flexibility index (Phi) is 3.52. The Morgan fingerprint density at radius 3 is 2.33 bits per heavy atom. The highest BCUT2D eigenvalue weighted by molar-refractivity contribution is 5.30. The molecule has 0 aromatic heterocycles. The van der Waals surface area contributed by atoms with Crippen LogP contribution >= 0.6 is 0 Å². The lowest BCUT2D eigenvalue weighted by atomic mass is 10.2. The van der Waals surface area contributed by atoms with Crippen LogP contribution in [0.5, 0.6) is 0 Å². The van der Waals surface area contributed by atoms with Crippen LogP contribution in [0.25, 0.3) is 0 Å². The van der Waals surface area contributed by atoms with Crippen LogP contribution in [0.15, 0.2) is 36.6 Å². The van der Waals surface area contributed by atoms with Gasteiger partial charge in [0, 0.05) is 5.57 Å². The molecule has 0 saturated carbocycles. The molecule has 0 fully saturated rings. The average Bonchev–Trinajstić information content (AvgIpc) is 1.87. The summed E-state index contributed by atoms with van der Waals surface area (Å²) in [5.41, 5.74) is 0.819. The van der Waals surface area contributed by atoms with E-state index in [4.69, 9.17) is 4.74 Å². The summed E-state index contributed by atoms with van der Waals surface area (Å²) >= 11 is 0. The van der Waals surface area contributed by atoms with Gasteiger partial charge in [-0.05, 0) is 6.92 Å². The van der Waals surface area contributed by atoms with Crippen molar-refractivity contribution in [2.45, 2.75) is 6.92 Å². The molecule has 9 heavy (non-hydrogen) atoms. The zero-order chi connectivity index (χ0) is 7.28. The van der Waals surface area contributed by atoms with Crippen LogP contribution in [0.2, 0.25) is 0 Å². The Labute approximate surface area is 56.3 Å². The van der Waals surface area contributed by atoms with Crippen LogP contribution in [-0.4, -0.2) is 7.11 Å². The van der Waals surface area contributed by atoms with Gasteiger partial charge in [-0.1, -0.05) is 25.3 Å². The molecule has 0 bridgehead atoms. The molecule has 0 atom stereocenters. The molecule has 0 aromatic rings. The third-order valence-corrected chi connectivity index (χ3v) is 0.972. The van der Waals surface area contributed by atoms with Crippen LogP contribution in [0.4, 0.5) is 0 Å². The SMILES string of the molecule is C=C(C=CC)C(=C)OC. The molecule has 1 heteroatoms. The Morgan fingerprint density at radius 2 is 2.00 bits per heavy atom. The second-order valence-corrected chi connectivity index (χ2v) is 1.65. The lowest BCUT2D eigenvalue weighted by molar-refractivity contribution is 0.305. The lowest BCUT2D eigenvalue weighted by Gasteiger charge is -2.00. The van der Waals surface area contributed by atoms with Gasteiger partial charge < -0.3 is 4.74 Å². The van der Waals surface area contributed by atoms with Crippen molar-refractivity contribution in [1.82, 2.24) is 0 Å². The number of hydrogen-bond acceptors (Lipinski definition) is 1. The lowest BCUT2D eigenvalue weighted by Crippen LogP contribution is -1.84. The Morgan fingerprint density at radius 1 is 1.44 bits per heavy atom. The van der Waals surface area contributed by atoms with Crippen molar-refractivity contribution in [3.8, 4) is 0 Å². The van der Waals surface area contributed by atoms with Gasteiger partial charge in [-0.25, -0.2) is 0 Å². The van der Waals surface area contributed by atoms with Gasteiger partial charge in [0.05, 0.1) is 7.11 Å². The third kappa shape index (κ3) is 2.75. The monoisotopic (exact) mass is 124 g/mol. The van der Waals surface area contributed by atoms with Crippen molar-refractivity contribution in [2.24, 2.45) is 0 Å². The smallest absolute Gasteiger partial charge is 0.118 e. The number of hydrogen-bond donors (Lipinski definition) is 0. The summed E-state index contributed by atoms with van der Waals surface area (Å²) in [6.45, 7) is 9.25. The zero-order valence-electron chi connectivity index (χ0n) is 5.98. The number of rotatable bonds is 3. The Bertz CT molecular complexity index is 143. The second-order valence-electron chi connectivity index (χ2n) is 1.65. The molecule has 0 aliphatic heterocycles. The largest absolute Gasteiger partial charge is 0.497 e. The molecule has 0 saturated heterocycles. The van der Waals surface area contributed by atoms with E-state index in [0.29, 0.717) is 5.76 Å². The first-order chi connectivity index (χ1) is 4.22. The predicted molar refractivity (Wildman–Crippen MR) is 40.1 cm³/mol. The molecule has 0 aliphatic carbocycles. The number of ether oxygens (including phenoxy) is 1. The molecule has 0 heterocycles. The van der Waals surface area contributed by atoms with E-state index in [2.05, 4.69) is 13.2 Å². The van der Waals surface area contributed by atoms with E-state index in [1.807, 2.05) is 19.1 Å². The normalized spacial score (nSPS) is 9.56. The summed E-state index contributed by atoms with van der Waals surface area (Å²) in [6, 6.07) is 0. The molecule has 1 nitrogen and oxygen atoms in total. The summed E-state index contributed by atoms with van der Waals surface area (Å²) in [7, 11) is 1.58. The average molecular weight is 124 g/mol. The van der Waals surface area contributed by atoms with Gasteiger partial charge in [0.2, 0.25) is 0 Å². The Hall–Kier alpha value is -0.980. The standard InChI is InChI=1S/C8H12O/c1-5-6-7(2)8(3)9-4/h5-6H,2-3H2,1,4H3. The summed E-state index contributed by atoms with van der Waals surface area (Å²) in [6.07, 6.45) is 3.75. The quantitative estimate of drug-likeness (QED) is 0.414. The van der Waals surface area contributed by atoms with Gasteiger partial charge in [-0.3, -0.25) is 0 Å². The molecule has 0 aromatic carbocycles. The summed E-state index contributed by atoms with van der Waals surface area (Å²) in [4.78, 5) is 0.